The van der Waals surface area contributed by atoms with Crippen molar-refractivity contribution < 1.29 is 19.2 Å². The fourth-order valence-electron chi connectivity index (χ4n) is 3.02. The minimum Gasteiger partial charge on any atom is -0.496 e. The van der Waals surface area contributed by atoms with Gasteiger partial charge < -0.3 is 9.47 Å². The lowest BCUT2D eigenvalue weighted by molar-refractivity contribution is -0.385. The van der Waals surface area contributed by atoms with E-state index in [0.717, 1.165) is 11.1 Å². The largest absolute Gasteiger partial charge is 0.496 e. The maximum Gasteiger partial charge on any atom is 0.272 e. The molecule has 0 N–H and O–H groups in total. The first kappa shape index (κ1) is 23.3. The SMILES string of the molecule is COc1ccc(/C=C/C(=O)c2ccc(Cl)c(Cl)c2)cc1COc1ccc([N+](=O)[O-])c(C)c1. The fraction of sp³-hybridized carbons (Fsp3) is 0.125. The molecule has 164 valence electrons. The number of carbonyl (C=O) groups is 1. The molecule has 3 aromatic rings. The molecule has 8 heteroatoms. The second-order valence-electron chi connectivity index (χ2n) is 6.89. The second-order valence-corrected chi connectivity index (χ2v) is 7.71. The molecule has 0 heterocycles. The number of hydrogen-bond donors (Lipinski definition) is 0. The average molecular weight is 472 g/mol. The van der Waals surface area contributed by atoms with E-state index in [-0.39, 0.29) is 18.1 Å². The van der Waals surface area contributed by atoms with Gasteiger partial charge in [-0.2, -0.15) is 0 Å². The number of allylic oxidation sites excluding steroid dienone is 1. The zero-order chi connectivity index (χ0) is 23.3. The zero-order valence-corrected chi connectivity index (χ0v) is 18.8. The molecule has 0 amide bonds. The zero-order valence-electron chi connectivity index (χ0n) is 17.3. The number of benzene rings is 3. The van der Waals surface area contributed by atoms with Gasteiger partial charge >= 0.3 is 0 Å². The van der Waals surface area contributed by atoms with Gasteiger partial charge in [-0.1, -0.05) is 35.3 Å². The molecule has 3 aromatic carbocycles. The van der Waals surface area contributed by atoms with Crippen LogP contribution in [0.5, 0.6) is 11.5 Å². The molecule has 0 fully saturated rings. The highest BCUT2D eigenvalue weighted by Crippen LogP contribution is 2.27. The summed E-state index contributed by atoms with van der Waals surface area (Å²) in [7, 11) is 1.55. The number of halogens is 2. The molecule has 0 aliphatic rings. The third-order valence-corrected chi connectivity index (χ3v) is 5.43. The molecular formula is C24H19Cl2NO5. The summed E-state index contributed by atoms with van der Waals surface area (Å²) in [5.41, 5.74) is 2.51. The van der Waals surface area contributed by atoms with Crippen LogP contribution in [-0.2, 0) is 6.61 Å². The number of ketones is 1. The summed E-state index contributed by atoms with van der Waals surface area (Å²) < 4.78 is 11.2. The first-order chi connectivity index (χ1) is 15.3. The molecule has 0 aliphatic heterocycles. The maximum atomic E-state index is 12.4. The van der Waals surface area contributed by atoms with E-state index in [1.165, 1.54) is 18.2 Å². The van der Waals surface area contributed by atoms with E-state index in [0.29, 0.717) is 32.7 Å². The van der Waals surface area contributed by atoms with Crippen molar-refractivity contribution in [1.82, 2.24) is 0 Å². The third-order valence-electron chi connectivity index (χ3n) is 4.70. The van der Waals surface area contributed by atoms with E-state index in [1.807, 2.05) is 12.1 Å². The summed E-state index contributed by atoms with van der Waals surface area (Å²) in [5, 5.41) is 11.7. The van der Waals surface area contributed by atoms with Gasteiger partial charge in [0, 0.05) is 22.8 Å². The quantitative estimate of drug-likeness (QED) is 0.158. The Labute approximate surface area is 195 Å². The lowest BCUT2D eigenvalue weighted by Gasteiger charge is -2.12. The van der Waals surface area contributed by atoms with Crippen molar-refractivity contribution in [3.63, 3.8) is 0 Å². The van der Waals surface area contributed by atoms with Crippen molar-refractivity contribution in [2.45, 2.75) is 13.5 Å². The maximum absolute atomic E-state index is 12.4. The minimum atomic E-state index is -0.433. The van der Waals surface area contributed by atoms with E-state index >= 15 is 0 Å². The van der Waals surface area contributed by atoms with Crippen LogP contribution in [0.2, 0.25) is 10.0 Å². The van der Waals surface area contributed by atoms with Crippen molar-refractivity contribution in [2.24, 2.45) is 0 Å². The Kier molecular flexibility index (Phi) is 7.51. The van der Waals surface area contributed by atoms with Crippen LogP contribution in [0.4, 0.5) is 5.69 Å². The van der Waals surface area contributed by atoms with Gasteiger partial charge in [-0.15, -0.1) is 0 Å². The summed E-state index contributed by atoms with van der Waals surface area (Å²) in [6.07, 6.45) is 3.13. The van der Waals surface area contributed by atoms with Gasteiger partial charge in [0.15, 0.2) is 5.78 Å². The molecule has 3 rings (SSSR count). The summed E-state index contributed by atoms with van der Waals surface area (Å²) in [6.45, 7) is 1.84. The highest BCUT2D eigenvalue weighted by atomic mass is 35.5. The summed E-state index contributed by atoms with van der Waals surface area (Å²) in [4.78, 5) is 23.0. The van der Waals surface area contributed by atoms with E-state index in [1.54, 1.807) is 50.4 Å². The topological polar surface area (TPSA) is 78.7 Å². The number of hydrogen-bond acceptors (Lipinski definition) is 5. The lowest BCUT2D eigenvalue weighted by Crippen LogP contribution is -2.00. The van der Waals surface area contributed by atoms with Gasteiger partial charge in [0.2, 0.25) is 0 Å². The highest BCUT2D eigenvalue weighted by molar-refractivity contribution is 6.42. The number of ether oxygens (including phenoxy) is 2. The predicted molar refractivity (Wildman–Crippen MR) is 125 cm³/mol. The van der Waals surface area contributed by atoms with Crippen molar-refractivity contribution in [3.8, 4) is 11.5 Å². The minimum absolute atomic E-state index is 0.0358. The summed E-state index contributed by atoms with van der Waals surface area (Å²) in [6, 6.07) is 14.7. The van der Waals surface area contributed by atoms with Crippen LogP contribution in [0.15, 0.2) is 60.7 Å². The Bertz CT molecular complexity index is 1210. The Morgan fingerprint density at radius 3 is 2.50 bits per heavy atom. The molecular weight excluding hydrogens is 453 g/mol. The van der Waals surface area contributed by atoms with Crippen LogP contribution < -0.4 is 9.47 Å². The Morgan fingerprint density at radius 1 is 1.06 bits per heavy atom. The van der Waals surface area contributed by atoms with Crippen molar-refractivity contribution >= 4 is 40.7 Å². The number of carbonyl (C=O) groups excluding carboxylic acids is 1. The van der Waals surface area contributed by atoms with Gasteiger partial charge in [0.1, 0.15) is 18.1 Å². The molecule has 32 heavy (non-hydrogen) atoms. The van der Waals surface area contributed by atoms with Gasteiger partial charge in [-0.3, -0.25) is 14.9 Å². The second kappa shape index (κ2) is 10.3. The molecule has 0 atom stereocenters. The summed E-state index contributed by atoms with van der Waals surface area (Å²) >= 11 is 11.9. The molecule has 6 nitrogen and oxygen atoms in total. The number of nitrogens with zero attached hydrogens (tertiary/aromatic N) is 1. The van der Waals surface area contributed by atoms with E-state index in [2.05, 4.69) is 0 Å². The van der Waals surface area contributed by atoms with E-state index in [4.69, 9.17) is 32.7 Å². The Hall–Kier alpha value is -3.35. The first-order valence-electron chi connectivity index (χ1n) is 9.50. The molecule has 0 unspecified atom stereocenters. The molecule has 0 radical (unpaired) electrons. The van der Waals surface area contributed by atoms with Gasteiger partial charge in [0.05, 0.1) is 22.1 Å². The van der Waals surface area contributed by atoms with Gasteiger partial charge in [0.25, 0.3) is 5.69 Å². The number of aryl methyl sites for hydroxylation is 1. The molecule has 0 bridgehead atoms. The summed E-state index contributed by atoms with van der Waals surface area (Å²) in [5.74, 6) is 0.918. The standard InChI is InChI=1S/C24H19Cl2NO5/c1-15-11-19(6-8-22(15)27(29)30)32-14-18-12-16(4-10-24(18)31-2)3-9-23(28)17-5-7-20(25)21(26)13-17/h3-13H,14H2,1-2H3/b9-3+. The van der Waals surface area contributed by atoms with Crippen LogP contribution >= 0.6 is 23.2 Å². The molecule has 0 saturated heterocycles. The van der Waals surface area contributed by atoms with Gasteiger partial charge in [-0.05, 0) is 61.0 Å². The normalized spacial score (nSPS) is 10.9. The fourth-order valence-corrected chi connectivity index (χ4v) is 3.31. The van der Waals surface area contributed by atoms with E-state index < -0.39 is 4.92 Å². The van der Waals surface area contributed by atoms with Crippen molar-refractivity contribution in [3.05, 3.63) is 103 Å². The smallest absolute Gasteiger partial charge is 0.272 e. The predicted octanol–water partition coefficient (Wildman–Crippen LogP) is 6.69. The Morgan fingerprint density at radius 2 is 1.84 bits per heavy atom. The molecule has 0 aliphatic carbocycles. The van der Waals surface area contributed by atoms with Crippen molar-refractivity contribution in [1.29, 1.82) is 0 Å². The van der Waals surface area contributed by atoms with Gasteiger partial charge in [-0.25, -0.2) is 0 Å². The van der Waals surface area contributed by atoms with Crippen LogP contribution in [-0.4, -0.2) is 17.8 Å². The third kappa shape index (κ3) is 5.66. The Balaban J connectivity index is 1.75. The lowest BCUT2D eigenvalue weighted by atomic mass is 10.1. The van der Waals surface area contributed by atoms with E-state index in [9.17, 15) is 14.9 Å². The first-order valence-corrected chi connectivity index (χ1v) is 10.3. The number of rotatable bonds is 8. The molecule has 0 aromatic heterocycles. The number of nitro benzene ring substituents is 1. The molecule has 0 saturated carbocycles. The van der Waals surface area contributed by atoms with Crippen LogP contribution in [0, 0.1) is 17.0 Å². The monoisotopic (exact) mass is 471 g/mol. The highest BCUT2D eigenvalue weighted by Gasteiger charge is 2.12. The number of nitro groups is 1. The van der Waals surface area contributed by atoms with Crippen LogP contribution in [0.25, 0.3) is 6.08 Å². The molecule has 0 spiro atoms. The van der Waals surface area contributed by atoms with Crippen molar-refractivity contribution in [2.75, 3.05) is 7.11 Å². The van der Waals surface area contributed by atoms with Crippen LogP contribution in [0.3, 0.4) is 0 Å². The van der Waals surface area contributed by atoms with Crippen LogP contribution in [0.1, 0.15) is 27.0 Å². The average Bonchev–Trinajstić information content (AvgIpc) is 2.77. The number of methoxy groups -OCH3 is 1.